The Kier molecular flexibility index (Phi) is 6.58. The van der Waals surface area contributed by atoms with E-state index in [2.05, 4.69) is 0 Å². The normalized spacial score (nSPS) is 24.1. The number of carbonyl (C=O) groups is 1. The molecule has 1 fully saturated rings. The van der Waals surface area contributed by atoms with Gasteiger partial charge in [-0.2, -0.15) is 0 Å². The number of benzene rings is 3. The van der Waals surface area contributed by atoms with Crippen LogP contribution >= 0.6 is 0 Å². The van der Waals surface area contributed by atoms with Crippen LogP contribution in [0.4, 0.5) is 4.39 Å². The lowest BCUT2D eigenvalue weighted by atomic mass is 9.72. The van der Waals surface area contributed by atoms with E-state index in [1.165, 1.54) is 24.3 Å². The molecule has 5 rings (SSSR count). The van der Waals surface area contributed by atoms with Crippen molar-refractivity contribution in [2.24, 2.45) is 11.8 Å². The van der Waals surface area contributed by atoms with Gasteiger partial charge >= 0.3 is 5.97 Å². The molecule has 188 valence electrons. The highest BCUT2D eigenvalue weighted by molar-refractivity contribution is 5.71. The molecule has 2 aliphatic rings. The smallest absolute Gasteiger partial charge is 0.309 e. The van der Waals surface area contributed by atoms with Crippen LogP contribution in [0.25, 0.3) is 0 Å². The first-order valence-electron chi connectivity index (χ1n) is 12.1. The summed E-state index contributed by atoms with van der Waals surface area (Å²) in [5, 5.41) is 9.97. The third-order valence-electron chi connectivity index (χ3n) is 6.99. The van der Waals surface area contributed by atoms with Gasteiger partial charge in [-0.15, -0.1) is 0 Å². The van der Waals surface area contributed by atoms with Crippen molar-refractivity contribution in [1.29, 1.82) is 0 Å². The number of ether oxygens (including phenoxy) is 4. The molecule has 0 aliphatic carbocycles. The van der Waals surface area contributed by atoms with Gasteiger partial charge in [-0.3, -0.25) is 4.79 Å². The van der Waals surface area contributed by atoms with Gasteiger partial charge in [-0.05, 0) is 68.3 Å². The molecule has 7 heteroatoms. The predicted molar refractivity (Wildman–Crippen MR) is 131 cm³/mol. The number of hydrogen-bond donors (Lipinski definition) is 1. The number of halogens is 1. The monoisotopic (exact) mass is 492 g/mol. The van der Waals surface area contributed by atoms with Gasteiger partial charge in [0.15, 0.2) is 0 Å². The Bertz CT molecular complexity index is 1210. The first-order valence-corrected chi connectivity index (χ1v) is 12.1. The van der Waals surface area contributed by atoms with E-state index in [0.717, 1.165) is 11.1 Å². The van der Waals surface area contributed by atoms with Crippen molar-refractivity contribution >= 4 is 5.97 Å². The van der Waals surface area contributed by atoms with Gasteiger partial charge in [-0.25, -0.2) is 4.39 Å². The average Bonchev–Trinajstić information content (AvgIpc) is 2.87. The van der Waals surface area contributed by atoms with Crippen LogP contribution in [0.2, 0.25) is 0 Å². The maximum Gasteiger partial charge on any atom is 0.309 e. The Morgan fingerprint density at radius 3 is 2.47 bits per heavy atom. The molecule has 0 bridgehead atoms. The van der Waals surface area contributed by atoms with Crippen molar-refractivity contribution in [2.45, 2.75) is 44.7 Å². The molecule has 6 nitrogen and oxygen atoms in total. The second-order valence-corrected chi connectivity index (χ2v) is 9.83. The zero-order valence-electron chi connectivity index (χ0n) is 20.2. The van der Waals surface area contributed by atoms with Crippen LogP contribution in [0.3, 0.4) is 0 Å². The molecule has 0 spiro atoms. The SMILES string of the molecule is CC1(C)Oc2ccc(OCc3ccccc3)cc2[C@H]2O[C@@H](COc3ccc(F)cc3)[C@H](C(=O)O)C[C@@H]21. The summed E-state index contributed by atoms with van der Waals surface area (Å²) in [6.07, 6.45) is -0.704. The molecule has 0 radical (unpaired) electrons. The van der Waals surface area contributed by atoms with Crippen molar-refractivity contribution in [3.63, 3.8) is 0 Å². The fourth-order valence-corrected chi connectivity index (χ4v) is 5.02. The van der Waals surface area contributed by atoms with E-state index in [9.17, 15) is 14.3 Å². The molecule has 2 aliphatic heterocycles. The lowest BCUT2D eigenvalue weighted by Gasteiger charge is -2.50. The summed E-state index contributed by atoms with van der Waals surface area (Å²) in [7, 11) is 0. The lowest BCUT2D eigenvalue weighted by Crippen LogP contribution is -2.53. The molecule has 0 saturated carbocycles. The van der Waals surface area contributed by atoms with E-state index in [4.69, 9.17) is 18.9 Å². The average molecular weight is 493 g/mol. The minimum Gasteiger partial charge on any atom is -0.491 e. The maximum absolute atomic E-state index is 13.3. The summed E-state index contributed by atoms with van der Waals surface area (Å²) >= 11 is 0. The second-order valence-electron chi connectivity index (χ2n) is 9.83. The van der Waals surface area contributed by atoms with Crippen LogP contribution in [0.15, 0.2) is 72.8 Å². The number of fused-ring (bicyclic) bond motifs is 3. The van der Waals surface area contributed by atoms with Gasteiger partial charge in [0, 0.05) is 11.5 Å². The molecular weight excluding hydrogens is 463 g/mol. The summed E-state index contributed by atoms with van der Waals surface area (Å²) in [5.41, 5.74) is 1.27. The van der Waals surface area contributed by atoms with E-state index in [1.807, 2.05) is 62.4 Å². The standard InChI is InChI=1S/C29H29FO6/c1-29(2)24-15-23(28(31)32)26(17-34-20-10-8-19(30)9-11-20)35-27(24)22-14-21(12-13-25(22)36-29)33-16-18-6-4-3-5-7-18/h3-14,23-24,26-27H,15-17H2,1-2H3,(H,31,32)/t23-,24+,26+,27-/m1/s1. The Balaban J connectivity index is 1.39. The minimum absolute atomic E-state index is 0.0344. The number of rotatable bonds is 7. The molecule has 4 atom stereocenters. The van der Waals surface area contributed by atoms with Crippen molar-refractivity contribution in [3.05, 3.63) is 89.7 Å². The fraction of sp³-hybridized carbons (Fsp3) is 0.345. The quantitative estimate of drug-likeness (QED) is 0.449. The molecule has 3 aromatic carbocycles. The molecule has 0 unspecified atom stereocenters. The van der Waals surface area contributed by atoms with Crippen LogP contribution in [0.5, 0.6) is 17.2 Å². The van der Waals surface area contributed by atoms with Crippen molar-refractivity contribution in [3.8, 4) is 17.2 Å². The summed E-state index contributed by atoms with van der Waals surface area (Å²) in [5.74, 6) is -0.429. The van der Waals surface area contributed by atoms with Crippen LogP contribution < -0.4 is 14.2 Å². The summed E-state index contributed by atoms with van der Waals surface area (Å²) in [6, 6.07) is 21.2. The molecule has 36 heavy (non-hydrogen) atoms. The molecule has 0 aromatic heterocycles. The molecular formula is C29H29FO6. The fourth-order valence-electron chi connectivity index (χ4n) is 5.02. The molecule has 3 aromatic rings. The predicted octanol–water partition coefficient (Wildman–Crippen LogP) is 5.80. The number of carboxylic acids is 1. The van der Waals surface area contributed by atoms with E-state index < -0.39 is 23.6 Å². The van der Waals surface area contributed by atoms with E-state index in [0.29, 0.717) is 30.3 Å². The molecule has 1 saturated heterocycles. The van der Waals surface area contributed by atoms with Gasteiger partial charge < -0.3 is 24.1 Å². The van der Waals surface area contributed by atoms with E-state index in [-0.39, 0.29) is 24.4 Å². The summed E-state index contributed by atoms with van der Waals surface area (Å²) in [4.78, 5) is 12.2. The zero-order chi connectivity index (χ0) is 25.3. The number of aliphatic carboxylic acids is 1. The van der Waals surface area contributed by atoms with Crippen LogP contribution in [-0.2, 0) is 16.1 Å². The molecule has 0 amide bonds. The van der Waals surface area contributed by atoms with E-state index >= 15 is 0 Å². The maximum atomic E-state index is 13.3. The lowest BCUT2D eigenvalue weighted by molar-refractivity contribution is -0.192. The Hall–Kier alpha value is -3.58. The number of carboxylic acid groups (broad SMARTS) is 1. The third-order valence-corrected chi connectivity index (χ3v) is 6.99. The minimum atomic E-state index is -0.942. The zero-order valence-corrected chi connectivity index (χ0v) is 20.2. The van der Waals surface area contributed by atoms with Crippen molar-refractivity contribution in [1.82, 2.24) is 0 Å². The highest BCUT2D eigenvalue weighted by atomic mass is 19.1. The summed E-state index contributed by atoms with van der Waals surface area (Å²) in [6.45, 7) is 4.39. The van der Waals surface area contributed by atoms with Gasteiger partial charge in [0.05, 0.1) is 12.0 Å². The van der Waals surface area contributed by atoms with Crippen molar-refractivity contribution in [2.75, 3.05) is 6.61 Å². The van der Waals surface area contributed by atoms with Crippen LogP contribution in [-0.4, -0.2) is 29.4 Å². The Morgan fingerprint density at radius 1 is 1.03 bits per heavy atom. The summed E-state index contributed by atoms with van der Waals surface area (Å²) < 4.78 is 37.9. The topological polar surface area (TPSA) is 74.2 Å². The largest absolute Gasteiger partial charge is 0.491 e. The van der Waals surface area contributed by atoms with E-state index in [1.54, 1.807) is 0 Å². The molecule has 1 N–H and O–H groups in total. The van der Waals surface area contributed by atoms with Gasteiger partial charge in [0.2, 0.25) is 0 Å². The highest BCUT2D eigenvalue weighted by Gasteiger charge is 2.52. The van der Waals surface area contributed by atoms with Gasteiger partial charge in [0.25, 0.3) is 0 Å². The highest BCUT2D eigenvalue weighted by Crippen LogP contribution is 2.52. The second kappa shape index (κ2) is 9.82. The van der Waals surface area contributed by atoms with Crippen LogP contribution in [0, 0.1) is 17.7 Å². The van der Waals surface area contributed by atoms with Crippen molar-refractivity contribution < 1.29 is 33.2 Å². The van der Waals surface area contributed by atoms with Gasteiger partial charge in [0.1, 0.15) is 48.0 Å². The Morgan fingerprint density at radius 2 is 1.75 bits per heavy atom. The van der Waals surface area contributed by atoms with Crippen LogP contribution in [0.1, 0.15) is 37.5 Å². The first-order chi connectivity index (χ1) is 17.3. The first kappa shape index (κ1) is 24.1. The third kappa shape index (κ3) is 5.02. The molecule has 2 heterocycles. The van der Waals surface area contributed by atoms with Gasteiger partial charge in [-0.1, -0.05) is 30.3 Å². The number of hydrogen-bond acceptors (Lipinski definition) is 5. The Labute approximate surface area is 209 Å².